The summed E-state index contributed by atoms with van der Waals surface area (Å²) in [6, 6.07) is 7.31. The predicted octanol–water partition coefficient (Wildman–Crippen LogP) is 3.05. The van der Waals surface area contributed by atoms with Crippen LogP contribution >= 0.6 is 0 Å². The average molecular weight is 379 g/mol. The molecule has 1 saturated carbocycles. The highest BCUT2D eigenvalue weighted by molar-refractivity contribution is 5.86. The van der Waals surface area contributed by atoms with Crippen LogP contribution in [0.5, 0.6) is 11.8 Å². The summed E-state index contributed by atoms with van der Waals surface area (Å²) in [5, 5.41) is 5.36. The van der Waals surface area contributed by atoms with Crippen LogP contribution < -0.4 is 15.2 Å². The molecule has 0 unspecified atom stereocenters. The Morgan fingerprint density at radius 1 is 1.25 bits per heavy atom. The fourth-order valence-corrected chi connectivity index (χ4v) is 2.98. The summed E-state index contributed by atoms with van der Waals surface area (Å²) in [5.74, 6) is 2.38. The van der Waals surface area contributed by atoms with E-state index >= 15 is 0 Å². The molecule has 8 nitrogen and oxygen atoms in total. The molecular weight excluding hydrogens is 358 g/mol. The first-order chi connectivity index (χ1) is 13.7. The van der Waals surface area contributed by atoms with E-state index in [4.69, 9.17) is 19.6 Å². The highest BCUT2D eigenvalue weighted by Crippen LogP contribution is 2.34. The van der Waals surface area contributed by atoms with E-state index in [0.29, 0.717) is 42.3 Å². The lowest BCUT2D eigenvalue weighted by Crippen LogP contribution is -2.24. The molecule has 144 valence electrons. The molecule has 8 heteroatoms. The molecule has 5 rings (SSSR count). The second kappa shape index (κ2) is 6.79. The van der Waals surface area contributed by atoms with Crippen molar-refractivity contribution in [3.05, 3.63) is 36.7 Å². The van der Waals surface area contributed by atoms with E-state index in [2.05, 4.69) is 15.1 Å². The Morgan fingerprint density at radius 3 is 2.96 bits per heavy atom. The number of nitrogens with two attached hydrogens (primary N) is 1. The molecule has 1 aliphatic rings. The lowest BCUT2D eigenvalue weighted by molar-refractivity contribution is 0.281. The second-order valence-electron chi connectivity index (χ2n) is 7.27. The van der Waals surface area contributed by atoms with E-state index in [9.17, 15) is 0 Å². The van der Waals surface area contributed by atoms with Crippen molar-refractivity contribution in [3.63, 3.8) is 0 Å². The molecule has 4 aromatic heterocycles. The standard InChI is InChI=1S/C20H21N5O3/c1-12(21)10-26-19-5-4-18-23-9-15(25(18)24-19)17-8-14-16(28-17)6-7-22-20(14)27-11-13-2-3-13/h4-9,12-13H,2-3,10-11,21H2,1H3/t12-/m0/s1. The van der Waals surface area contributed by atoms with Gasteiger partial charge in [0.05, 0.1) is 18.2 Å². The number of imidazole rings is 1. The number of hydrogen-bond acceptors (Lipinski definition) is 7. The maximum Gasteiger partial charge on any atom is 0.231 e. The third kappa shape index (κ3) is 3.27. The first-order valence-corrected chi connectivity index (χ1v) is 9.42. The van der Waals surface area contributed by atoms with Gasteiger partial charge in [0, 0.05) is 24.4 Å². The molecule has 1 fully saturated rings. The number of rotatable bonds is 7. The number of aromatic nitrogens is 4. The van der Waals surface area contributed by atoms with Crippen molar-refractivity contribution in [1.82, 2.24) is 19.6 Å². The van der Waals surface area contributed by atoms with E-state index < -0.39 is 0 Å². The van der Waals surface area contributed by atoms with Crippen molar-refractivity contribution < 1.29 is 13.9 Å². The molecule has 0 bridgehead atoms. The van der Waals surface area contributed by atoms with E-state index in [1.165, 1.54) is 12.8 Å². The lowest BCUT2D eigenvalue weighted by Gasteiger charge is -2.08. The molecule has 0 aliphatic heterocycles. The van der Waals surface area contributed by atoms with Crippen LogP contribution in [0.25, 0.3) is 28.1 Å². The van der Waals surface area contributed by atoms with Crippen molar-refractivity contribution in [1.29, 1.82) is 0 Å². The minimum atomic E-state index is -0.0725. The zero-order valence-electron chi connectivity index (χ0n) is 15.5. The Kier molecular flexibility index (Phi) is 4.12. The SMILES string of the molecule is C[C@H](N)COc1ccc2ncc(-c3cc4c(OCC5CC5)nccc4o3)n2n1. The van der Waals surface area contributed by atoms with Crippen LogP contribution in [0.15, 0.2) is 41.1 Å². The zero-order chi connectivity index (χ0) is 19.1. The van der Waals surface area contributed by atoms with Crippen LogP contribution in [-0.2, 0) is 0 Å². The maximum atomic E-state index is 6.04. The molecule has 0 amide bonds. The second-order valence-corrected chi connectivity index (χ2v) is 7.27. The van der Waals surface area contributed by atoms with E-state index in [-0.39, 0.29) is 6.04 Å². The highest BCUT2D eigenvalue weighted by Gasteiger charge is 2.23. The molecule has 0 spiro atoms. The Hall–Kier alpha value is -3.13. The van der Waals surface area contributed by atoms with Gasteiger partial charge < -0.3 is 19.6 Å². The van der Waals surface area contributed by atoms with Gasteiger partial charge in [0.15, 0.2) is 11.4 Å². The molecule has 1 aliphatic carbocycles. The zero-order valence-corrected chi connectivity index (χ0v) is 15.5. The number of furan rings is 1. The molecule has 28 heavy (non-hydrogen) atoms. The third-order valence-electron chi connectivity index (χ3n) is 4.65. The van der Waals surface area contributed by atoms with Crippen LogP contribution in [0, 0.1) is 5.92 Å². The first kappa shape index (κ1) is 17.0. The molecular formula is C20H21N5O3. The normalized spacial score (nSPS) is 15.2. The number of hydrogen-bond donors (Lipinski definition) is 1. The Morgan fingerprint density at radius 2 is 2.14 bits per heavy atom. The Bertz CT molecular complexity index is 1130. The molecule has 1 atom stereocenters. The Labute approximate surface area is 161 Å². The average Bonchev–Trinajstić information content (AvgIpc) is 3.26. The van der Waals surface area contributed by atoms with Crippen molar-refractivity contribution in [2.75, 3.05) is 13.2 Å². The summed E-state index contributed by atoms with van der Waals surface area (Å²) in [7, 11) is 0. The van der Waals surface area contributed by atoms with Crippen molar-refractivity contribution >= 4 is 16.6 Å². The molecule has 0 aromatic carbocycles. The quantitative estimate of drug-likeness (QED) is 0.527. The number of pyridine rings is 1. The van der Waals surface area contributed by atoms with Crippen LogP contribution in [0.1, 0.15) is 19.8 Å². The third-order valence-corrected chi connectivity index (χ3v) is 4.65. The van der Waals surface area contributed by atoms with Crippen LogP contribution in [0.4, 0.5) is 0 Å². The first-order valence-electron chi connectivity index (χ1n) is 9.42. The van der Waals surface area contributed by atoms with Gasteiger partial charge in [0.2, 0.25) is 11.8 Å². The van der Waals surface area contributed by atoms with E-state index in [1.54, 1.807) is 23.0 Å². The smallest absolute Gasteiger partial charge is 0.231 e. The molecule has 0 saturated heterocycles. The van der Waals surface area contributed by atoms with E-state index in [0.717, 1.165) is 16.7 Å². The predicted molar refractivity (Wildman–Crippen MR) is 103 cm³/mol. The molecule has 4 heterocycles. The van der Waals surface area contributed by atoms with E-state index in [1.807, 2.05) is 25.1 Å². The number of fused-ring (bicyclic) bond motifs is 2. The molecule has 2 N–H and O–H groups in total. The minimum Gasteiger partial charge on any atom is -0.477 e. The van der Waals surface area contributed by atoms with Crippen LogP contribution in [0.2, 0.25) is 0 Å². The number of ether oxygens (including phenoxy) is 2. The van der Waals surface area contributed by atoms with Crippen LogP contribution in [0.3, 0.4) is 0 Å². The largest absolute Gasteiger partial charge is 0.477 e. The van der Waals surface area contributed by atoms with Gasteiger partial charge in [0.1, 0.15) is 17.9 Å². The summed E-state index contributed by atoms with van der Waals surface area (Å²) in [5.41, 5.74) is 7.90. The van der Waals surface area contributed by atoms with Gasteiger partial charge in [-0.1, -0.05) is 0 Å². The summed E-state index contributed by atoms with van der Waals surface area (Å²) in [6.45, 7) is 2.97. The van der Waals surface area contributed by atoms with Gasteiger partial charge in [-0.2, -0.15) is 0 Å². The molecule has 0 radical (unpaired) electrons. The summed E-state index contributed by atoms with van der Waals surface area (Å²) in [6.07, 6.45) is 5.89. The van der Waals surface area contributed by atoms with Crippen molar-refractivity contribution in [3.8, 4) is 23.2 Å². The lowest BCUT2D eigenvalue weighted by atomic mass is 10.3. The highest BCUT2D eigenvalue weighted by atomic mass is 16.5. The fraction of sp³-hybridized carbons (Fsp3) is 0.350. The van der Waals surface area contributed by atoms with Crippen molar-refractivity contribution in [2.24, 2.45) is 11.7 Å². The van der Waals surface area contributed by atoms with Gasteiger partial charge >= 0.3 is 0 Å². The van der Waals surface area contributed by atoms with Gasteiger partial charge in [-0.15, -0.1) is 5.10 Å². The topological polar surface area (TPSA) is 101 Å². The van der Waals surface area contributed by atoms with Gasteiger partial charge in [-0.3, -0.25) is 0 Å². The minimum absolute atomic E-state index is 0.0725. The number of nitrogens with zero attached hydrogens (tertiary/aromatic N) is 4. The maximum absolute atomic E-state index is 6.04. The summed E-state index contributed by atoms with van der Waals surface area (Å²) < 4.78 is 19.3. The van der Waals surface area contributed by atoms with Crippen molar-refractivity contribution in [2.45, 2.75) is 25.8 Å². The monoisotopic (exact) mass is 379 g/mol. The summed E-state index contributed by atoms with van der Waals surface area (Å²) >= 11 is 0. The van der Waals surface area contributed by atoms with Crippen LogP contribution in [-0.4, -0.2) is 38.8 Å². The Balaban J connectivity index is 1.51. The van der Waals surface area contributed by atoms with Gasteiger partial charge in [0.25, 0.3) is 0 Å². The summed E-state index contributed by atoms with van der Waals surface area (Å²) in [4.78, 5) is 8.77. The van der Waals surface area contributed by atoms with Gasteiger partial charge in [-0.25, -0.2) is 14.5 Å². The van der Waals surface area contributed by atoms with Gasteiger partial charge in [-0.05, 0) is 37.8 Å². The fourth-order valence-electron chi connectivity index (χ4n) is 2.98. The molecule has 4 aromatic rings.